The second-order valence-corrected chi connectivity index (χ2v) is 5.82. The molecule has 3 rings (SSSR count). The van der Waals surface area contributed by atoms with Crippen LogP contribution in [0.15, 0.2) is 18.2 Å². The Labute approximate surface area is 120 Å². The maximum atomic E-state index is 8.60. The van der Waals surface area contributed by atoms with Gasteiger partial charge >= 0.3 is 0 Å². The van der Waals surface area contributed by atoms with E-state index in [0.29, 0.717) is 12.3 Å². The van der Waals surface area contributed by atoms with Gasteiger partial charge in [0.15, 0.2) is 0 Å². The lowest BCUT2D eigenvalue weighted by Crippen LogP contribution is -2.05. The smallest absolute Gasteiger partial charge is 0.110 e. The van der Waals surface area contributed by atoms with Gasteiger partial charge in [-0.1, -0.05) is 25.3 Å². The van der Waals surface area contributed by atoms with Crippen LogP contribution in [0.4, 0.5) is 0 Å². The fourth-order valence-electron chi connectivity index (χ4n) is 3.17. The van der Waals surface area contributed by atoms with E-state index in [1.165, 1.54) is 43.5 Å². The largest absolute Gasteiger partial charge is 0.342 e. The predicted octanol–water partition coefficient (Wildman–Crippen LogP) is 4.46. The normalized spacial score (nSPS) is 16.4. The molecule has 3 heteroatoms. The highest BCUT2D eigenvalue weighted by molar-refractivity contribution is 5.76. The molecule has 1 aromatic heterocycles. The molecule has 0 spiro atoms. The van der Waals surface area contributed by atoms with Crippen molar-refractivity contribution in [3.63, 3.8) is 0 Å². The quantitative estimate of drug-likeness (QED) is 0.832. The van der Waals surface area contributed by atoms with Crippen molar-refractivity contribution in [1.29, 1.82) is 5.26 Å². The first kappa shape index (κ1) is 13.2. The van der Waals surface area contributed by atoms with E-state index >= 15 is 0 Å². The second-order valence-electron chi connectivity index (χ2n) is 5.82. The van der Waals surface area contributed by atoms with Gasteiger partial charge in [-0.05, 0) is 43.4 Å². The summed E-state index contributed by atoms with van der Waals surface area (Å²) in [5.74, 6) is 1.80. The van der Waals surface area contributed by atoms with Crippen LogP contribution in [0.1, 0.15) is 62.3 Å². The topological polar surface area (TPSA) is 52.5 Å². The maximum Gasteiger partial charge on any atom is 0.110 e. The first-order valence-corrected chi connectivity index (χ1v) is 7.72. The van der Waals surface area contributed by atoms with Crippen molar-refractivity contribution in [3.05, 3.63) is 29.6 Å². The lowest BCUT2D eigenvalue weighted by Gasteiger charge is -2.18. The van der Waals surface area contributed by atoms with E-state index < -0.39 is 0 Å². The number of nitriles is 1. The number of fused-ring (bicyclic) bond motifs is 1. The Morgan fingerprint density at radius 2 is 2.10 bits per heavy atom. The van der Waals surface area contributed by atoms with E-state index in [9.17, 15) is 0 Å². The van der Waals surface area contributed by atoms with Gasteiger partial charge in [-0.3, -0.25) is 0 Å². The summed E-state index contributed by atoms with van der Waals surface area (Å²) in [6, 6.07) is 8.66. The number of aromatic nitrogens is 2. The Kier molecular flexibility index (Phi) is 4.01. The van der Waals surface area contributed by atoms with Gasteiger partial charge in [0.05, 0.1) is 17.1 Å². The molecule has 1 saturated carbocycles. The number of imidazole rings is 1. The summed E-state index contributed by atoms with van der Waals surface area (Å²) >= 11 is 0. The number of nitrogens with zero attached hydrogens (tertiary/aromatic N) is 2. The fourth-order valence-corrected chi connectivity index (χ4v) is 3.17. The van der Waals surface area contributed by atoms with Crippen LogP contribution in [0, 0.1) is 11.3 Å². The number of hydrogen-bond donors (Lipinski definition) is 1. The molecule has 20 heavy (non-hydrogen) atoms. The Balaban J connectivity index is 1.78. The SMILES string of the molecule is N#CCCCc1ccc2nc(C3CCCCC3)[nH]c2c1. The van der Waals surface area contributed by atoms with E-state index in [0.717, 1.165) is 23.9 Å². The van der Waals surface area contributed by atoms with Gasteiger partial charge in [-0.15, -0.1) is 0 Å². The minimum Gasteiger partial charge on any atom is -0.342 e. The van der Waals surface area contributed by atoms with Gasteiger partial charge < -0.3 is 4.98 Å². The molecule has 1 aliphatic carbocycles. The number of unbranched alkanes of at least 4 members (excludes halogenated alkanes) is 1. The molecule has 3 nitrogen and oxygen atoms in total. The maximum absolute atomic E-state index is 8.60. The number of H-pyrrole nitrogens is 1. The molecule has 0 saturated heterocycles. The van der Waals surface area contributed by atoms with Crippen LogP contribution < -0.4 is 0 Å². The van der Waals surface area contributed by atoms with Crippen molar-refractivity contribution in [3.8, 4) is 6.07 Å². The van der Waals surface area contributed by atoms with E-state index in [1.54, 1.807) is 0 Å². The standard InChI is InChI=1S/C17H21N3/c18-11-5-4-6-13-9-10-15-16(12-13)20-17(19-15)14-7-2-1-3-8-14/h9-10,12,14H,1-8H2,(H,19,20). The highest BCUT2D eigenvalue weighted by atomic mass is 14.9. The van der Waals surface area contributed by atoms with Gasteiger partial charge in [0.25, 0.3) is 0 Å². The van der Waals surface area contributed by atoms with Gasteiger partial charge in [0, 0.05) is 12.3 Å². The molecule has 0 amide bonds. The summed E-state index contributed by atoms with van der Waals surface area (Å²) in [5.41, 5.74) is 3.53. The summed E-state index contributed by atoms with van der Waals surface area (Å²) in [4.78, 5) is 8.29. The van der Waals surface area contributed by atoms with Crippen LogP contribution in [0.25, 0.3) is 11.0 Å². The van der Waals surface area contributed by atoms with Gasteiger partial charge in [0.2, 0.25) is 0 Å². The van der Waals surface area contributed by atoms with Crippen molar-refractivity contribution < 1.29 is 0 Å². The Hall–Kier alpha value is -1.82. The molecule has 2 aromatic rings. The van der Waals surface area contributed by atoms with Crippen molar-refractivity contribution in [1.82, 2.24) is 9.97 Å². The summed E-state index contributed by atoms with van der Waals surface area (Å²) in [7, 11) is 0. The number of aromatic amines is 1. The van der Waals surface area contributed by atoms with Crippen molar-refractivity contribution in [2.45, 2.75) is 57.3 Å². The van der Waals surface area contributed by atoms with Crippen LogP contribution >= 0.6 is 0 Å². The summed E-state index contributed by atoms with van der Waals surface area (Å²) < 4.78 is 0. The van der Waals surface area contributed by atoms with E-state index in [4.69, 9.17) is 10.2 Å². The van der Waals surface area contributed by atoms with Gasteiger partial charge in [0.1, 0.15) is 5.82 Å². The summed E-state index contributed by atoms with van der Waals surface area (Å²) in [5, 5.41) is 8.60. The Morgan fingerprint density at radius 1 is 1.25 bits per heavy atom. The van der Waals surface area contributed by atoms with Crippen LogP contribution in [-0.2, 0) is 6.42 Å². The highest BCUT2D eigenvalue weighted by Gasteiger charge is 2.18. The zero-order valence-corrected chi connectivity index (χ0v) is 11.9. The number of nitrogens with one attached hydrogen (secondary N) is 1. The molecule has 0 atom stereocenters. The Bertz CT molecular complexity index is 615. The average Bonchev–Trinajstić information content (AvgIpc) is 2.92. The number of hydrogen-bond acceptors (Lipinski definition) is 2. The molecule has 1 fully saturated rings. The minimum atomic E-state index is 0.623. The first-order chi connectivity index (χ1) is 9.86. The number of benzene rings is 1. The molecule has 1 aromatic carbocycles. The van der Waals surface area contributed by atoms with Crippen molar-refractivity contribution >= 4 is 11.0 Å². The molecule has 0 bridgehead atoms. The predicted molar refractivity (Wildman–Crippen MR) is 80.5 cm³/mol. The van der Waals surface area contributed by atoms with Gasteiger partial charge in [-0.2, -0.15) is 5.26 Å². The lowest BCUT2D eigenvalue weighted by atomic mass is 9.89. The lowest BCUT2D eigenvalue weighted by molar-refractivity contribution is 0.431. The molecule has 0 unspecified atom stereocenters. The van der Waals surface area contributed by atoms with Crippen LogP contribution in [0.5, 0.6) is 0 Å². The van der Waals surface area contributed by atoms with Crippen LogP contribution in [-0.4, -0.2) is 9.97 Å². The Morgan fingerprint density at radius 3 is 2.90 bits per heavy atom. The summed E-state index contributed by atoms with van der Waals surface area (Å²) in [6.07, 6.45) is 9.13. The third-order valence-corrected chi connectivity index (χ3v) is 4.31. The summed E-state index contributed by atoms with van der Waals surface area (Å²) in [6.45, 7) is 0. The zero-order valence-electron chi connectivity index (χ0n) is 11.9. The molecule has 0 radical (unpaired) electrons. The zero-order chi connectivity index (χ0) is 13.8. The van der Waals surface area contributed by atoms with Crippen molar-refractivity contribution in [2.75, 3.05) is 0 Å². The van der Waals surface area contributed by atoms with Crippen LogP contribution in [0.3, 0.4) is 0 Å². The van der Waals surface area contributed by atoms with E-state index in [-0.39, 0.29) is 0 Å². The monoisotopic (exact) mass is 267 g/mol. The molecule has 1 heterocycles. The molecule has 1 N–H and O–H groups in total. The van der Waals surface area contributed by atoms with E-state index in [1.807, 2.05) is 0 Å². The average molecular weight is 267 g/mol. The number of rotatable bonds is 4. The fraction of sp³-hybridized carbons (Fsp3) is 0.529. The van der Waals surface area contributed by atoms with E-state index in [2.05, 4.69) is 29.3 Å². The molecule has 0 aliphatic heterocycles. The molecule has 104 valence electrons. The van der Waals surface area contributed by atoms with Gasteiger partial charge in [-0.25, -0.2) is 4.98 Å². The first-order valence-electron chi connectivity index (χ1n) is 7.72. The van der Waals surface area contributed by atoms with Crippen LogP contribution in [0.2, 0.25) is 0 Å². The third kappa shape index (κ3) is 2.85. The minimum absolute atomic E-state index is 0.623. The second kappa shape index (κ2) is 6.09. The molecule has 1 aliphatic rings. The third-order valence-electron chi connectivity index (χ3n) is 4.31. The highest BCUT2D eigenvalue weighted by Crippen LogP contribution is 2.32. The van der Waals surface area contributed by atoms with Crippen molar-refractivity contribution in [2.24, 2.45) is 0 Å². The molecular weight excluding hydrogens is 246 g/mol. The number of aryl methyl sites for hydroxylation is 1. The molecular formula is C17H21N3.